The summed E-state index contributed by atoms with van der Waals surface area (Å²) in [6.07, 6.45) is 4.18. The summed E-state index contributed by atoms with van der Waals surface area (Å²) in [5.74, 6) is -0.487. The highest BCUT2D eigenvalue weighted by Gasteiger charge is 2.24. The molecule has 0 unspecified atom stereocenters. The predicted molar refractivity (Wildman–Crippen MR) is 109 cm³/mol. The third-order valence-corrected chi connectivity index (χ3v) is 4.71. The lowest BCUT2D eigenvalue weighted by Gasteiger charge is -2.19. The Morgan fingerprint density at radius 2 is 1.93 bits per heavy atom. The van der Waals surface area contributed by atoms with Crippen LogP contribution in [0.3, 0.4) is 0 Å². The number of benzene rings is 2. The number of amides is 2. The SMILES string of the molecule is O=C(COC(=O)c1ccc(-c2cnco2)cc1)Nc1ccccc1N1CCCC1=O. The third kappa shape index (κ3) is 4.22. The molecule has 3 aromatic rings. The molecule has 30 heavy (non-hydrogen) atoms. The van der Waals surface area contributed by atoms with Gasteiger partial charge in [-0.1, -0.05) is 24.3 Å². The predicted octanol–water partition coefficient (Wildman–Crippen LogP) is 3.26. The molecule has 0 radical (unpaired) electrons. The topological polar surface area (TPSA) is 102 Å². The summed E-state index contributed by atoms with van der Waals surface area (Å²) in [7, 11) is 0. The van der Waals surface area contributed by atoms with Crippen LogP contribution in [-0.4, -0.2) is 35.9 Å². The molecule has 8 heteroatoms. The zero-order valence-corrected chi connectivity index (χ0v) is 16.0. The molecule has 1 N–H and O–H groups in total. The fourth-order valence-electron chi connectivity index (χ4n) is 3.25. The second kappa shape index (κ2) is 8.60. The fourth-order valence-corrected chi connectivity index (χ4v) is 3.25. The van der Waals surface area contributed by atoms with Crippen LogP contribution in [0.1, 0.15) is 23.2 Å². The molecular weight excluding hydrogens is 386 g/mol. The van der Waals surface area contributed by atoms with Gasteiger partial charge < -0.3 is 19.4 Å². The summed E-state index contributed by atoms with van der Waals surface area (Å²) >= 11 is 0. The molecule has 1 aliphatic heterocycles. The molecule has 2 heterocycles. The maximum Gasteiger partial charge on any atom is 0.338 e. The highest BCUT2D eigenvalue weighted by Crippen LogP contribution is 2.29. The average Bonchev–Trinajstić information content (AvgIpc) is 3.45. The summed E-state index contributed by atoms with van der Waals surface area (Å²) < 4.78 is 10.3. The lowest BCUT2D eigenvalue weighted by molar-refractivity contribution is -0.119. The zero-order valence-electron chi connectivity index (χ0n) is 16.0. The van der Waals surface area contributed by atoms with E-state index in [1.54, 1.807) is 59.6 Å². The van der Waals surface area contributed by atoms with E-state index in [1.165, 1.54) is 6.39 Å². The first-order valence-electron chi connectivity index (χ1n) is 9.47. The molecule has 1 aromatic heterocycles. The number of rotatable bonds is 6. The summed E-state index contributed by atoms with van der Waals surface area (Å²) in [6, 6.07) is 13.7. The van der Waals surface area contributed by atoms with Gasteiger partial charge in [0.25, 0.3) is 5.91 Å². The number of nitrogens with zero attached hydrogens (tertiary/aromatic N) is 2. The highest BCUT2D eigenvalue weighted by molar-refractivity contribution is 6.02. The van der Waals surface area contributed by atoms with Crippen molar-refractivity contribution < 1.29 is 23.5 Å². The van der Waals surface area contributed by atoms with Gasteiger partial charge in [-0.05, 0) is 30.7 Å². The third-order valence-electron chi connectivity index (χ3n) is 4.71. The largest absolute Gasteiger partial charge is 0.452 e. The molecule has 1 aliphatic rings. The first-order valence-corrected chi connectivity index (χ1v) is 9.47. The van der Waals surface area contributed by atoms with E-state index in [0.717, 1.165) is 12.0 Å². The molecule has 0 atom stereocenters. The molecule has 0 aliphatic carbocycles. The standard InChI is InChI=1S/C22H19N3O5/c26-20(24-17-4-1-2-5-18(17)25-11-3-6-21(25)27)13-29-22(28)16-9-7-15(8-10-16)19-12-23-14-30-19/h1-2,4-5,7-10,12,14H,3,6,11,13H2,(H,24,26). The van der Waals surface area contributed by atoms with Crippen molar-refractivity contribution in [1.82, 2.24) is 4.98 Å². The van der Waals surface area contributed by atoms with Gasteiger partial charge in [0.15, 0.2) is 18.8 Å². The number of esters is 1. The van der Waals surface area contributed by atoms with Crippen molar-refractivity contribution in [2.75, 3.05) is 23.4 Å². The Balaban J connectivity index is 1.35. The summed E-state index contributed by atoms with van der Waals surface area (Å²) in [4.78, 5) is 42.0. The zero-order chi connectivity index (χ0) is 20.9. The number of nitrogens with one attached hydrogen (secondary N) is 1. The summed E-state index contributed by atoms with van der Waals surface area (Å²) in [6.45, 7) is 0.176. The minimum Gasteiger partial charge on any atom is -0.452 e. The van der Waals surface area contributed by atoms with Gasteiger partial charge in [0.05, 0.1) is 23.1 Å². The summed E-state index contributed by atoms with van der Waals surface area (Å²) in [5.41, 5.74) is 2.23. The summed E-state index contributed by atoms with van der Waals surface area (Å²) in [5, 5.41) is 2.71. The minimum absolute atomic E-state index is 0.0249. The van der Waals surface area contributed by atoms with Crippen molar-refractivity contribution in [3.63, 3.8) is 0 Å². The van der Waals surface area contributed by atoms with Crippen LogP contribution in [0.4, 0.5) is 11.4 Å². The molecule has 152 valence electrons. The number of para-hydroxylation sites is 2. The quantitative estimate of drug-likeness (QED) is 0.632. The van der Waals surface area contributed by atoms with Crippen molar-refractivity contribution in [3.8, 4) is 11.3 Å². The van der Waals surface area contributed by atoms with Crippen LogP contribution in [-0.2, 0) is 14.3 Å². The molecule has 4 rings (SSSR count). The van der Waals surface area contributed by atoms with Gasteiger partial charge in [0.1, 0.15) is 0 Å². The molecule has 1 fully saturated rings. The Labute approximate surface area is 172 Å². The van der Waals surface area contributed by atoms with Crippen LogP contribution in [0.25, 0.3) is 11.3 Å². The van der Waals surface area contributed by atoms with E-state index in [2.05, 4.69) is 10.3 Å². The average molecular weight is 405 g/mol. The van der Waals surface area contributed by atoms with E-state index in [4.69, 9.17) is 9.15 Å². The Hall–Kier alpha value is -3.94. The molecule has 8 nitrogen and oxygen atoms in total. The van der Waals surface area contributed by atoms with E-state index >= 15 is 0 Å². The van der Waals surface area contributed by atoms with E-state index in [1.807, 2.05) is 0 Å². The number of anilines is 2. The van der Waals surface area contributed by atoms with Crippen molar-refractivity contribution in [1.29, 1.82) is 0 Å². The monoisotopic (exact) mass is 405 g/mol. The molecule has 2 amide bonds. The Morgan fingerprint density at radius 1 is 1.13 bits per heavy atom. The molecule has 0 saturated carbocycles. The van der Waals surface area contributed by atoms with E-state index in [0.29, 0.717) is 35.7 Å². The molecule has 0 bridgehead atoms. The lowest BCUT2D eigenvalue weighted by Crippen LogP contribution is -2.27. The van der Waals surface area contributed by atoms with Gasteiger partial charge in [0.2, 0.25) is 5.91 Å². The van der Waals surface area contributed by atoms with Crippen molar-refractivity contribution in [2.24, 2.45) is 0 Å². The van der Waals surface area contributed by atoms with E-state index < -0.39 is 18.5 Å². The van der Waals surface area contributed by atoms with Crippen LogP contribution in [0.5, 0.6) is 0 Å². The van der Waals surface area contributed by atoms with Crippen LogP contribution in [0.2, 0.25) is 0 Å². The highest BCUT2D eigenvalue weighted by atomic mass is 16.5. The van der Waals surface area contributed by atoms with E-state index in [9.17, 15) is 14.4 Å². The normalized spacial score (nSPS) is 13.3. The minimum atomic E-state index is -0.614. The van der Waals surface area contributed by atoms with Gasteiger partial charge in [-0.15, -0.1) is 0 Å². The fraction of sp³-hybridized carbons (Fsp3) is 0.182. The second-order valence-corrected chi connectivity index (χ2v) is 6.73. The first kappa shape index (κ1) is 19.4. The number of carbonyl (C=O) groups excluding carboxylic acids is 3. The molecule has 1 saturated heterocycles. The molecule has 2 aromatic carbocycles. The van der Waals surface area contributed by atoms with Crippen molar-refractivity contribution in [3.05, 3.63) is 66.7 Å². The van der Waals surface area contributed by atoms with E-state index in [-0.39, 0.29) is 5.91 Å². The number of oxazole rings is 1. The molecular formula is C22H19N3O5. The van der Waals surface area contributed by atoms with Crippen LogP contribution in [0.15, 0.2) is 65.5 Å². The van der Waals surface area contributed by atoms with Crippen molar-refractivity contribution >= 4 is 29.2 Å². The van der Waals surface area contributed by atoms with Gasteiger partial charge >= 0.3 is 5.97 Å². The van der Waals surface area contributed by atoms with Crippen LogP contribution < -0.4 is 10.2 Å². The van der Waals surface area contributed by atoms with Crippen LogP contribution in [0, 0.1) is 0 Å². The Morgan fingerprint density at radius 3 is 2.63 bits per heavy atom. The van der Waals surface area contributed by atoms with Gasteiger partial charge in [0, 0.05) is 18.5 Å². The van der Waals surface area contributed by atoms with Gasteiger partial charge in [-0.25, -0.2) is 9.78 Å². The number of aromatic nitrogens is 1. The second-order valence-electron chi connectivity index (χ2n) is 6.73. The first-order chi connectivity index (χ1) is 14.6. The lowest BCUT2D eigenvalue weighted by atomic mass is 10.1. The number of ether oxygens (including phenoxy) is 1. The number of carbonyl (C=O) groups is 3. The number of hydrogen-bond donors (Lipinski definition) is 1. The van der Waals surface area contributed by atoms with Gasteiger partial charge in [-0.2, -0.15) is 0 Å². The molecule has 0 spiro atoms. The maximum atomic E-state index is 12.3. The van der Waals surface area contributed by atoms with Gasteiger partial charge in [-0.3, -0.25) is 9.59 Å². The Bertz CT molecular complexity index is 1060. The smallest absolute Gasteiger partial charge is 0.338 e. The maximum absolute atomic E-state index is 12.3. The number of hydrogen-bond acceptors (Lipinski definition) is 6. The Kier molecular flexibility index (Phi) is 5.56. The van der Waals surface area contributed by atoms with Crippen LogP contribution >= 0.6 is 0 Å². The van der Waals surface area contributed by atoms with Crippen molar-refractivity contribution in [2.45, 2.75) is 12.8 Å².